The second-order valence-electron chi connectivity index (χ2n) is 21.3. The van der Waals surface area contributed by atoms with Gasteiger partial charge in [-0.2, -0.15) is 34.4 Å². The SMILES string of the molecule is C=C(C)C(=O)OCC(C)O.C=C(C)C(=O)OCC(F)(F)S(=O)(=O)O.CCC(C)(CC(C)(C)C(=O)OCC(F)(F)S(=O)(=O)O)C(=O)OCC(C)O.Cc1ccc([S+](c2ccccc2)c2ccccc2)cc1.Cc1ccc([S+](c2ccccc2)c2ccccc2)cc1. The van der Waals surface area contributed by atoms with E-state index in [1.807, 2.05) is 0 Å². The van der Waals surface area contributed by atoms with Crippen molar-refractivity contribution >= 4 is 65.9 Å². The summed E-state index contributed by atoms with van der Waals surface area (Å²) in [5.41, 5.74) is 0.209. The Hall–Kier alpha value is -7.16. The van der Waals surface area contributed by atoms with Crippen LogP contribution in [0, 0.1) is 24.7 Å². The molecule has 0 fully saturated rings. The number of esters is 4. The molecule has 6 aromatic carbocycles. The third kappa shape index (κ3) is 27.1. The number of alkyl halides is 4. The average Bonchev–Trinajstić information content (AvgIpc) is 1.29. The Balaban J connectivity index is 0.000000395. The van der Waals surface area contributed by atoms with E-state index in [1.54, 1.807) is 20.8 Å². The maximum absolute atomic E-state index is 13.2. The zero-order valence-electron chi connectivity index (χ0n) is 51.8. The molecule has 16 nitrogen and oxygen atoms in total. The van der Waals surface area contributed by atoms with Crippen LogP contribution in [0.2, 0.25) is 0 Å². The smallest absolute Gasteiger partial charge is 0.402 e. The molecule has 3 unspecified atom stereocenters. The van der Waals surface area contributed by atoms with Gasteiger partial charge in [0.1, 0.15) is 13.2 Å². The molecule has 0 spiro atoms. The molecular weight excluding hydrogens is 1250 g/mol. The lowest BCUT2D eigenvalue weighted by molar-refractivity contribution is -0.167. The number of ether oxygens (including phenoxy) is 4. The van der Waals surface area contributed by atoms with Crippen molar-refractivity contribution in [1.29, 1.82) is 0 Å². The summed E-state index contributed by atoms with van der Waals surface area (Å²) in [6, 6.07) is 60.8. The van der Waals surface area contributed by atoms with Gasteiger partial charge >= 0.3 is 54.6 Å². The molecule has 6 aromatic rings. The van der Waals surface area contributed by atoms with Gasteiger partial charge in [0.25, 0.3) is 0 Å². The Morgan fingerprint density at radius 1 is 0.478 bits per heavy atom. The summed E-state index contributed by atoms with van der Waals surface area (Å²) in [5, 5.41) is 8.72. The molecule has 90 heavy (non-hydrogen) atoms. The van der Waals surface area contributed by atoms with Crippen molar-refractivity contribution < 1.29 is 91.8 Å². The lowest BCUT2D eigenvalue weighted by atomic mass is 9.72. The topological polar surface area (TPSA) is 254 Å². The maximum atomic E-state index is 13.2. The molecule has 0 saturated carbocycles. The molecule has 6 rings (SSSR count). The van der Waals surface area contributed by atoms with E-state index in [-0.39, 0.29) is 53.4 Å². The first-order chi connectivity index (χ1) is 41.8. The van der Waals surface area contributed by atoms with Crippen molar-refractivity contribution in [1.82, 2.24) is 0 Å². The molecule has 490 valence electrons. The molecule has 0 bridgehead atoms. The summed E-state index contributed by atoms with van der Waals surface area (Å²) in [4.78, 5) is 53.7. The van der Waals surface area contributed by atoms with Gasteiger partial charge in [0, 0.05) is 11.1 Å². The molecule has 4 N–H and O–H groups in total. The van der Waals surface area contributed by atoms with Crippen LogP contribution in [-0.4, -0.2) is 109 Å². The number of hydrogen-bond donors (Lipinski definition) is 4. The molecule has 0 aliphatic heterocycles. The van der Waals surface area contributed by atoms with Crippen molar-refractivity contribution in [2.75, 3.05) is 26.4 Å². The number of hydrogen-bond acceptors (Lipinski definition) is 14. The number of aliphatic hydroxyl groups excluding tert-OH is 2. The van der Waals surface area contributed by atoms with Gasteiger partial charge in [0.05, 0.1) is 44.8 Å². The van der Waals surface area contributed by atoms with E-state index in [0.717, 1.165) is 0 Å². The van der Waals surface area contributed by atoms with Gasteiger partial charge in [-0.05, 0) is 148 Å². The van der Waals surface area contributed by atoms with Crippen LogP contribution < -0.4 is 0 Å². The second-order valence-corrected chi connectivity index (χ2v) is 28.4. The van der Waals surface area contributed by atoms with E-state index >= 15 is 0 Å². The van der Waals surface area contributed by atoms with Crippen molar-refractivity contribution in [2.24, 2.45) is 10.8 Å². The van der Waals surface area contributed by atoms with Crippen molar-refractivity contribution in [2.45, 2.75) is 134 Å². The van der Waals surface area contributed by atoms with E-state index in [9.17, 15) is 58.7 Å². The van der Waals surface area contributed by atoms with Gasteiger partial charge < -0.3 is 29.2 Å². The van der Waals surface area contributed by atoms with Gasteiger partial charge in [-0.25, -0.2) is 9.59 Å². The number of rotatable bonds is 23. The lowest BCUT2D eigenvalue weighted by Crippen LogP contribution is -2.41. The highest BCUT2D eigenvalue weighted by atomic mass is 32.2. The number of carbonyl (C=O) groups excluding carboxylic acids is 4. The van der Waals surface area contributed by atoms with E-state index < -0.39 is 90.9 Å². The molecule has 0 amide bonds. The Kier molecular flexibility index (Phi) is 32.1. The van der Waals surface area contributed by atoms with Gasteiger partial charge in [-0.3, -0.25) is 18.7 Å². The first-order valence-corrected chi connectivity index (χ1v) is 33.0. The van der Waals surface area contributed by atoms with Gasteiger partial charge in [-0.15, -0.1) is 0 Å². The summed E-state index contributed by atoms with van der Waals surface area (Å²) in [5.74, 6) is -3.46. The van der Waals surface area contributed by atoms with E-state index in [4.69, 9.17) is 18.9 Å². The standard InChI is InChI=1S/2C19H17S.C15H26F2O8S.C7H12O3.C6H8F2O5S/c2*1-16-12-14-19(15-13-16)20(17-8-4-2-5-9-17)18-10-6-3-7-11-18;1-6-14(5,12(20)24-7-10(2)18)8-13(3,4)11(19)25-9-15(16,17)26(21,22)23;1-5(2)7(9)10-4-6(3)8;1-4(2)5(9)13-3-6(7,8)14(10,11)12/h2*2-15H,1H3;10,18H,6-9H2,1-5H3,(H,21,22,23);6,8H,1,4H2,2-3H3;1,3H2,2H3,(H,10,11,12)/q2*+1;;;. The first-order valence-electron chi connectivity index (χ1n) is 27.7. The molecule has 3 atom stereocenters. The van der Waals surface area contributed by atoms with Crippen molar-refractivity contribution in [3.63, 3.8) is 0 Å². The molecular formula is C66H80F4O16S4+2. The lowest BCUT2D eigenvalue weighted by Gasteiger charge is -2.34. The summed E-state index contributed by atoms with van der Waals surface area (Å²) >= 11 is 0. The molecule has 0 saturated heterocycles. The Bertz CT molecular complexity index is 3250. The fourth-order valence-corrected chi connectivity index (χ4v) is 11.8. The highest BCUT2D eigenvalue weighted by Crippen LogP contribution is 2.39. The largest absolute Gasteiger partial charge is 0.463 e. The molecule has 0 aliphatic rings. The summed E-state index contributed by atoms with van der Waals surface area (Å²) in [7, 11) is -11.3. The number of aryl methyl sites for hydroxylation is 2. The zero-order chi connectivity index (χ0) is 68.3. The number of carbonyl (C=O) groups is 4. The number of aliphatic hydroxyl groups is 2. The normalized spacial score (nSPS) is 12.8. The minimum absolute atomic E-state index is 0.0229. The Morgan fingerprint density at radius 3 is 1.03 bits per heavy atom. The van der Waals surface area contributed by atoms with Gasteiger partial charge in [-0.1, -0.05) is 128 Å². The van der Waals surface area contributed by atoms with Crippen LogP contribution in [0.5, 0.6) is 0 Å². The Morgan fingerprint density at radius 2 is 0.756 bits per heavy atom. The number of halogens is 4. The third-order valence-corrected chi connectivity index (χ3v) is 18.4. The third-order valence-electron chi connectivity index (χ3n) is 12.2. The molecule has 0 heterocycles. The van der Waals surface area contributed by atoms with E-state index in [2.05, 4.69) is 211 Å². The van der Waals surface area contributed by atoms with Crippen LogP contribution in [0.15, 0.2) is 224 Å². The predicted octanol–water partition coefficient (Wildman–Crippen LogP) is 13.0. The summed E-state index contributed by atoms with van der Waals surface area (Å²) < 4.78 is 126. The van der Waals surface area contributed by atoms with Gasteiger partial charge in [0.2, 0.25) is 0 Å². The molecule has 0 aliphatic carbocycles. The van der Waals surface area contributed by atoms with Crippen LogP contribution in [0.4, 0.5) is 17.6 Å². The highest BCUT2D eigenvalue weighted by Gasteiger charge is 2.49. The van der Waals surface area contributed by atoms with Crippen LogP contribution >= 0.6 is 0 Å². The summed E-state index contributed by atoms with van der Waals surface area (Å²) in [6.07, 6.45) is -1.36. The predicted molar refractivity (Wildman–Crippen MR) is 339 cm³/mol. The Labute approximate surface area is 531 Å². The number of benzene rings is 6. The van der Waals surface area contributed by atoms with Crippen LogP contribution in [0.3, 0.4) is 0 Å². The monoisotopic (exact) mass is 1330 g/mol. The minimum Gasteiger partial charge on any atom is -0.463 e. The maximum Gasteiger partial charge on any atom is 0.402 e. The van der Waals surface area contributed by atoms with E-state index in [1.165, 1.54) is 75.1 Å². The highest BCUT2D eigenvalue weighted by molar-refractivity contribution is 7.97. The summed E-state index contributed by atoms with van der Waals surface area (Å²) in [6.45, 7) is 18.5. The van der Waals surface area contributed by atoms with Crippen molar-refractivity contribution in [3.05, 3.63) is 205 Å². The fraction of sp³-hybridized carbons (Fsp3) is 0.333. The van der Waals surface area contributed by atoms with E-state index in [0.29, 0.717) is 5.57 Å². The quantitative estimate of drug-likeness (QED) is 0.0116. The average molecular weight is 1330 g/mol. The second kappa shape index (κ2) is 36.6. The fourth-order valence-electron chi connectivity index (χ4n) is 7.24. The molecule has 24 heteroatoms. The van der Waals surface area contributed by atoms with Crippen LogP contribution in [0.25, 0.3) is 0 Å². The van der Waals surface area contributed by atoms with Crippen LogP contribution in [-0.2, 0) is 80.2 Å². The molecule has 0 aromatic heterocycles. The van der Waals surface area contributed by atoms with Gasteiger partial charge in [0.15, 0.2) is 42.6 Å². The zero-order valence-corrected chi connectivity index (χ0v) is 55.1. The molecule has 0 radical (unpaired) electrons. The first kappa shape index (κ1) is 78.9. The minimum atomic E-state index is -5.72. The van der Waals surface area contributed by atoms with Crippen molar-refractivity contribution in [3.8, 4) is 0 Å². The van der Waals surface area contributed by atoms with Crippen LogP contribution in [0.1, 0.15) is 79.4 Å².